The lowest BCUT2D eigenvalue weighted by molar-refractivity contribution is -0.139. The van der Waals surface area contributed by atoms with Crippen molar-refractivity contribution in [1.29, 1.82) is 0 Å². The van der Waals surface area contributed by atoms with E-state index in [0.717, 1.165) is 21.9 Å². The first-order valence-corrected chi connectivity index (χ1v) is 14.4. The van der Waals surface area contributed by atoms with Gasteiger partial charge in [0.05, 0.1) is 22.9 Å². The van der Waals surface area contributed by atoms with Gasteiger partial charge in [-0.25, -0.2) is 9.79 Å². The Balaban J connectivity index is 1.73. The maximum atomic E-state index is 14.2. The zero-order valence-electron chi connectivity index (χ0n) is 23.8. The third kappa shape index (κ3) is 5.33. The summed E-state index contributed by atoms with van der Waals surface area (Å²) in [5.74, 6) is -0.252. The molecule has 0 bridgehead atoms. The molecule has 0 saturated heterocycles. The highest BCUT2D eigenvalue weighted by atomic mass is 32.1. The van der Waals surface area contributed by atoms with Gasteiger partial charge in [0.25, 0.3) is 11.5 Å². The Morgan fingerprint density at radius 1 is 1.07 bits per heavy atom. The third-order valence-electron chi connectivity index (χ3n) is 7.27. The minimum absolute atomic E-state index is 0.174. The number of benzene rings is 3. The van der Waals surface area contributed by atoms with Gasteiger partial charge in [-0.15, -0.1) is 0 Å². The number of allylic oxidation sites excluding steroid dienone is 1. The quantitative estimate of drug-likeness (QED) is 0.321. The number of carboxylic acid groups (broad SMARTS) is 1. The summed E-state index contributed by atoms with van der Waals surface area (Å²) < 4.78 is 13.1. The highest BCUT2D eigenvalue weighted by molar-refractivity contribution is 7.07. The SMILES string of the molecule is CCN(CC)C(=O)C1=C(C)N=c2s/c(=C/c3ccc(OCC(=O)O)cc3)c(=O)n2[C@@H]1c1c(OC)ccc2ccccc12. The van der Waals surface area contributed by atoms with Crippen LogP contribution in [0.25, 0.3) is 16.8 Å². The Hall–Kier alpha value is -4.70. The van der Waals surface area contributed by atoms with E-state index in [4.69, 9.17) is 19.6 Å². The van der Waals surface area contributed by atoms with Gasteiger partial charge in [-0.2, -0.15) is 0 Å². The van der Waals surface area contributed by atoms with Gasteiger partial charge in [0.2, 0.25) is 0 Å². The van der Waals surface area contributed by atoms with E-state index in [-0.39, 0.29) is 11.5 Å². The molecule has 0 aliphatic carbocycles. The van der Waals surface area contributed by atoms with Gasteiger partial charge in [-0.3, -0.25) is 14.2 Å². The number of hydrogen-bond acceptors (Lipinski definition) is 7. The van der Waals surface area contributed by atoms with Crippen molar-refractivity contribution in [2.75, 3.05) is 26.8 Å². The molecule has 42 heavy (non-hydrogen) atoms. The number of hydrogen-bond donors (Lipinski definition) is 1. The summed E-state index contributed by atoms with van der Waals surface area (Å²) in [4.78, 5) is 46.0. The predicted octanol–water partition coefficient (Wildman–Crippen LogP) is 3.73. The van der Waals surface area contributed by atoms with Crippen LogP contribution < -0.4 is 24.4 Å². The molecule has 1 aliphatic rings. The number of aliphatic carboxylic acids is 1. The number of carbonyl (C=O) groups is 2. The van der Waals surface area contributed by atoms with Crippen molar-refractivity contribution >= 4 is 40.1 Å². The minimum atomic E-state index is -1.06. The molecule has 4 aromatic rings. The fourth-order valence-corrected chi connectivity index (χ4v) is 6.29. The first-order valence-electron chi connectivity index (χ1n) is 13.6. The number of carboxylic acids is 1. The molecule has 5 rings (SSSR count). The van der Waals surface area contributed by atoms with E-state index in [0.29, 0.717) is 45.2 Å². The maximum absolute atomic E-state index is 14.2. The molecule has 1 aromatic heterocycles. The van der Waals surface area contributed by atoms with Crippen molar-refractivity contribution in [2.45, 2.75) is 26.8 Å². The van der Waals surface area contributed by atoms with Crippen LogP contribution in [-0.2, 0) is 9.59 Å². The van der Waals surface area contributed by atoms with Crippen LogP contribution in [0.1, 0.15) is 37.9 Å². The number of carbonyl (C=O) groups excluding carboxylic acids is 1. The molecule has 0 saturated carbocycles. The van der Waals surface area contributed by atoms with Crippen molar-refractivity contribution in [3.8, 4) is 11.5 Å². The second-order valence-electron chi connectivity index (χ2n) is 9.71. The monoisotopic (exact) mass is 585 g/mol. The van der Waals surface area contributed by atoms with Crippen LogP contribution in [-0.4, -0.2) is 53.3 Å². The molecule has 1 atom stereocenters. The van der Waals surface area contributed by atoms with E-state index in [1.54, 1.807) is 46.9 Å². The fraction of sp³-hybridized carbons (Fsp3) is 0.250. The number of fused-ring (bicyclic) bond motifs is 2. The second-order valence-corrected chi connectivity index (χ2v) is 10.7. The molecule has 216 valence electrons. The van der Waals surface area contributed by atoms with Crippen molar-refractivity contribution in [3.63, 3.8) is 0 Å². The van der Waals surface area contributed by atoms with E-state index >= 15 is 0 Å². The fourth-order valence-electron chi connectivity index (χ4n) is 5.24. The highest BCUT2D eigenvalue weighted by Gasteiger charge is 2.36. The van der Waals surface area contributed by atoms with Crippen molar-refractivity contribution in [2.24, 2.45) is 4.99 Å². The van der Waals surface area contributed by atoms with Crippen LogP contribution in [0.3, 0.4) is 0 Å². The summed E-state index contributed by atoms with van der Waals surface area (Å²) in [7, 11) is 1.59. The number of aromatic nitrogens is 1. The molecular formula is C32H31N3O6S. The van der Waals surface area contributed by atoms with Gasteiger partial charge in [0, 0.05) is 18.7 Å². The van der Waals surface area contributed by atoms with Crippen LogP contribution in [0.4, 0.5) is 0 Å². The number of ether oxygens (including phenoxy) is 2. The average molecular weight is 586 g/mol. The molecule has 0 fully saturated rings. The van der Waals surface area contributed by atoms with E-state index in [9.17, 15) is 14.4 Å². The first-order chi connectivity index (χ1) is 20.3. The lowest BCUT2D eigenvalue weighted by Crippen LogP contribution is -2.43. The predicted molar refractivity (Wildman–Crippen MR) is 162 cm³/mol. The highest BCUT2D eigenvalue weighted by Crippen LogP contribution is 2.40. The second kappa shape index (κ2) is 12.0. The normalized spacial score (nSPS) is 14.9. The Morgan fingerprint density at radius 3 is 2.45 bits per heavy atom. The van der Waals surface area contributed by atoms with Crippen LogP contribution in [0.2, 0.25) is 0 Å². The molecule has 1 aliphatic heterocycles. The molecule has 0 radical (unpaired) electrons. The average Bonchev–Trinajstić information content (AvgIpc) is 3.29. The third-order valence-corrected chi connectivity index (χ3v) is 8.25. The molecular weight excluding hydrogens is 554 g/mol. The molecule has 1 amide bonds. The summed E-state index contributed by atoms with van der Waals surface area (Å²) in [6.45, 7) is 6.26. The molecule has 0 spiro atoms. The van der Waals surface area contributed by atoms with Gasteiger partial charge in [-0.05, 0) is 61.4 Å². The smallest absolute Gasteiger partial charge is 0.341 e. The van der Waals surface area contributed by atoms with Crippen molar-refractivity contribution in [1.82, 2.24) is 9.47 Å². The van der Waals surface area contributed by atoms with E-state index < -0.39 is 18.6 Å². The number of amides is 1. The van der Waals surface area contributed by atoms with Crippen LogP contribution in [0.5, 0.6) is 11.5 Å². The van der Waals surface area contributed by atoms with Gasteiger partial charge in [0.15, 0.2) is 11.4 Å². The van der Waals surface area contributed by atoms with E-state index in [1.807, 2.05) is 57.2 Å². The summed E-state index contributed by atoms with van der Waals surface area (Å²) >= 11 is 1.25. The largest absolute Gasteiger partial charge is 0.496 e. The summed E-state index contributed by atoms with van der Waals surface area (Å²) in [5.41, 5.74) is 2.18. The van der Waals surface area contributed by atoms with Crippen LogP contribution >= 0.6 is 11.3 Å². The topological polar surface area (TPSA) is 110 Å². The lowest BCUT2D eigenvalue weighted by atomic mass is 9.90. The standard InChI is InChI=1S/C32H31N3O6S/c1-5-34(6-2)31(39)27-19(3)33-32-35(29(27)28-23-10-8-7-9-21(23)13-16-24(28)40-4)30(38)25(42-32)17-20-11-14-22(15-12-20)41-18-26(36)37/h7-17,29H,5-6,18H2,1-4H3,(H,36,37)/b25-17+/t29-/m0/s1. The summed E-state index contributed by atoms with van der Waals surface area (Å²) in [6.07, 6.45) is 1.76. The lowest BCUT2D eigenvalue weighted by Gasteiger charge is -2.30. The summed E-state index contributed by atoms with van der Waals surface area (Å²) in [5, 5.41) is 10.7. The Bertz CT molecular complexity index is 1880. The minimum Gasteiger partial charge on any atom is -0.496 e. The molecule has 2 heterocycles. The first kappa shape index (κ1) is 28.8. The number of nitrogens with zero attached hydrogens (tertiary/aromatic N) is 3. The van der Waals surface area contributed by atoms with Crippen molar-refractivity contribution in [3.05, 3.63) is 103 Å². The number of methoxy groups -OCH3 is 1. The van der Waals surface area contributed by atoms with Gasteiger partial charge in [-0.1, -0.05) is 53.8 Å². The zero-order chi connectivity index (χ0) is 30.0. The van der Waals surface area contributed by atoms with E-state index in [2.05, 4.69) is 0 Å². The number of rotatable bonds is 9. The molecule has 0 unspecified atom stereocenters. The maximum Gasteiger partial charge on any atom is 0.341 e. The van der Waals surface area contributed by atoms with Gasteiger partial charge >= 0.3 is 5.97 Å². The Morgan fingerprint density at radius 2 is 1.79 bits per heavy atom. The van der Waals surface area contributed by atoms with Crippen LogP contribution in [0.15, 0.2) is 81.7 Å². The Kier molecular flexibility index (Phi) is 8.26. The number of likely N-dealkylation sites (N-methyl/N-ethyl adjacent to an activating group) is 1. The number of thiazole rings is 1. The molecule has 10 heteroatoms. The molecule has 3 aromatic carbocycles. The van der Waals surface area contributed by atoms with Crippen molar-refractivity contribution < 1.29 is 24.2 Å². The van der Waals surface area contributed by atoms with Gasteiger partial charge < -0.3 is 19.5 Å². The summed E-state index contributed by atoms with van der Waals surface area (Å²) in [6, 6.07) is 17.7. The van der Waals surface area contributed by atoms with Crippen LogP contribution in [0, 0.1) is 0 Å². The zero-order valence-corrected chi connectivity index (χ0v) is 24.6. The van der Waals surface area contributed by atoms with E-state index in [1.165, 1.54) is 11.3 Å². The molecule has 9 nitrogen and oxygen atoms in total. The van der Waals surface area contributed by atoms with Gasteiger partial charge in [0.1, 0.15) is 17.5 Å². The molecule has 1 N–H and O–H groups in total. The Labute approximate surface area is 246 Å².